The molecule has 0 amide bonds. The van der Waals surface area contributed by atoms with Crippen LogP contribution in [0.3, 0.4) is 0 Å². The number of hydrogen-bond acceptors (Lipinski definition) is 3. The van der Waals surface area contributed by atoms with E-state index in [0.717, 1.165) is 13.2 Å². The SMILES string of the molecule is C1CO1.O=C(O)/C=C/C(=O)O. The van der Waals surface area contributed by atoms with Crippen LogP contribution < -0.4 is 0 Å². The molecule has 0 aromatic heterocycles. The van der Waals surface area contributed by atoms with Gasteiger partial charge in [0.15, 0.2) is 0 Å². The van der Waals surface area contributed by atoms with E-state index in [-0.39, 0.29) is 0 Å². The van der Waals surface area contributed by atoms with Crippen LogP contribution in [-0.2, 0) is 14.3 Å². The number of ether oxygens (including phenoxy) is 1. The Kier molecular flexibility index (Phi) is 4.76. The van der Waals surface area contributed by atoms with Crippen molar-refractivity contribution in [2.24, 2.45) is 0 Å². The molecule has 0 bridgehead atoms. The van der Waals surface area contributed by atoms with Crippen LogP contribution in [-0.4, -0.2) is 35.4 Å². The second kappa shape index (κ2) is 5.43. The Morgan fingerprint density at radius 3 is 1.45 bits per heavy atom. The number of carboxylic acid groups (broad SMARTS) is 2. The molecular formula is C6H8O5. The summed E-state index contributed by atoms with van der Waals surface area (Å²) in [5.41, 5.74) is 0. The van der Waals surface area contributed by atoms with E-state index in [4.69, 9.17) is 10.2 Å². The zero-order chi connectivity index (χ0) is 8.69. The highest BCUT2D eigenvalue weighted by atomic mass is 16.6. The zero-order valence-corrected chi connectivity index (χ0v) is 5.69. The van der Waals surface area contributed by atoms with Crippen molar-refractivity contribution in [3.05, 3.63) is 12.2 Å². The quantitative estimate of drug-likeness (QED) is 0.428. The van der Waals surface area contributed by atoms with Gasteiger partial charge in [-0.1, -0.05) is 0 Å². The Hall–Kier alpha value is -1.36. The van der Waals surface area contributed by atoms with Crippen molar-refractivity contribution in [1.82, 2.24) is 0 Å². The van der Waals surface area contributed by atoms with E-state index in [0.29, 0.717) is 12.2 Å². The van der Waals surface area contributed by atoms with E-state index >= 15 is 0 Å². The summed E-state index contributed by atoms with van der Waals surface area (Å²) < 4.78 is 4.50. The fraction of sp³-hybridized carbons (Fsp3) is 0.333. The van der Waals surface area contributed by atoms with Gasteiger partial charge in [-0.15, -0.1) is 0 Å². The molecule has 0 atom stereocenters. The monoisotopic (exact) mass is 160 g/mol. The Morgan fingerprint density at radius 1 is 1.09 bits per heavy atom. The largest absolute Gasteiger partial charge is 0.478 e. The Labute approximate surface area is 62.9 Å². The van der Waals surface area contributed by atoms with Gasteiger partial charge in [0.05, 0.1) is 13.2 Å². The molecule has 0 aromatic rings. The predicted octanol–water partition coefficient (Wildman–Crippen LogP) is -0.272. The van der Waals surface area contributed by atoms with Crippen LogP contribution in [0.5, 0.6) is 0 Å². The highest BCUT2D eigenvalue weighted by Gasteiger charge is 1.94. The fourth-order valence-electron chi connectivity index (χ4n) is 0.143. The Bertz CT molecular complexity index is 151. The summed E-state index contributed by atoms with van der Waals surface area (Å²) in [5, 5.41) is 15.6. The van der Waals surface area contributed by atoms with Gasteiger partial charge in [0, 0.05) is 12.2 Å². The smallest absolute Gasteiger partial charge is 0.328 e. The molecule has 5 nitrogen and oxygen atoms in total. The molecule has 1 aliphatic rings. The van der Waals surface area contributed by atoms with Crippen LogP contribution >= 0.6 is 0 Å². The third-order valence-electron chi connectivity index (χ3n) is 0.573. The first-order valence-corrected chi connectivity index (χ1v) is 2.84. The molecule has 5 heteroatoms. The predicted molar refractivity (Wildman–Crippen MR) is 35.2 cm³/mol. The van der Waals surface area contributed by atoms with Crippen molar-refractivity contribution >= 4 is 11.9 Å². The molecule has 1 fully saturated rings. The first kappa shape index (κ1) is 9.64. The van der Waals surface area contributed by atoms with Crippen molar-refractivity contribution in [3.63, 3.8) is 0 Å². The lowest BCUT2D eigenvalue weighted by molar-refractivity contribution is -0.134. The van der Waals surface area contributed by atoms with Gasteiger partial charge in [0.2, 0.25) is 0 Å². The van der Waals surface area contributed by atoms with Crippen molar-refractivity contribution in [2.75, 3.05) is 13.2 Å². The summed E-state index contributed by atoms with van der Waals surface area (Å²) in [6.45, 7) is 2.00. The van der Waals surface area contributed by atoms with Gasteiger partial charge in [-0.2, -0.15) is 0 Å². The molecule has 0 aliphatic carbocycles. The van der Waals surface area contributed by atoms with Crippen molar-refractivity contribution in [3.8, 4) is 0 Å². The van der Waals surface area contributed by atoms with Crippen LogP contribution in [0.25, 0.3) is 0 Å². The van der Waals surface area contributed by atoms with Crippen LogP contribution in [0.4, 0.5) is 0 Å². The van der Waals surface area contributed by atoms with Gasteiger partial charge in [-0.05, 0) is 0 Å². The maximum absolute atomic E-state index is 9.55. The summed E-state index contributed by atoms with van der Waals surface area (Å²) in [4.78, 5) is 19.1. The lowest BCUT2D eigenvalue weighted by atomic mass is 10.5. The average Bonchev–Trinajstić information content (AvgIpc) is 2.67. The second-order valence-electron chi connectivity index (χ2n) is 1.62. The van der Waals surface area contributed by atoms with Gasteiger partial charge in [0.1, 0.15) is 0 Å². The first-order chi connectivity index (χ1) is 5.13. The van der Waals surface area contributed by atoms with E-state index in [1.807, 2.05) is 0 Å². The maximum atomic E-state index is 9.55. The van der Waals surface area contributed by atoms with Gasteiger partial charge < -0.3 is 14.9 Å². The van der Waals surface area contributed by atoms with Crippen molar-refractivity contribution in [2.45, 2.75) is 0 Å². The van der Waals surface area contributed by atoms with Crippen LogP contribution in [0.2, 0.25) is 0 Å². The molecule has 11 heavy (non-hydrogen) atoms. The molecule has 1 heterocycles. The van der Waals surface area contributed by atoms with Gasteiger partial charge in [0.25, 0.3) is 0 Å². The first-order valence-electron chi connectivity index (χ1n) is 2.84. The molecular weight excluding hydrogens is 152 g/mol. The van der Waals surface area contributed by atoms with E-state index in [2.05, 4.69) is 4.74 Å². The topological polar surface area (TPSA) is 87.1 Å². The molecule has 1 aliphatic heterocycles. The minimum Gasteiger partial charge on any atom is -0.478 e. The summed E-state index contributed by atoms with van der Waals surface area (Å²) in [6.07, 6.45) is 1.12. The minimum absolute atomic E-state index is 0.558. The Balaban J connectivity index is 0.000000271. The minimum atomic E-state index is -1.26. The van der Waals surface area contributed by atoms with E-state index in [1.54, 1.807) is 0 Å². The number of carbonyl (C=O) groups is 2. The molecule has 0 radical (unpaired) electrons. The second-order valence-corrected chi connectivity index (χ2v) is 1.62. The molecule has 2 N–H and O–H groups in total. The average molecular weight is 160 g/mol. The van der Waals surface area contributed by atoms with Gasteiger partial charge >= 0.3 is 11.9 Å². The van der Waals surface area contributed by atoms with Crippen molar-refractivity contribution < 1.29 is 24.5 Å². The third kappa shape index (κ3) is 17.7. The highest BCUT2D eigenvalue weighted by molar-refractivity contribution is 5.89. The summed E-state index contributed by atoms with van der Waals surface area (Å²) >= 11 is 0. The molecule has 0 aromatic carbocycles. The van der Waals surface area contributed by atoms with E-state index in [9.17, 15) is 9.59 Å². The summed E-state index contributed by atoms with van der Waals surface area (Å²) in [5.74, 6) is -2.51. The maximum Gasteiger partial charge on any atom is 0.328 e. The molecule has 62 valence electrons. The lowest BCUT2D eigenvalue weighted by Crippen LogP contribution is -1.91. The van der Waals surface area contributed by atoms with Crippen LogP contribution in [0.15, 0.2) is 12.2 Å². The summed E-state index contributed by atoms with van der Waals surface area (Å²) in [6, 6.07) is 0. The normalized spacial score (nSPS) is 13.5. The zero-order valence-electron chi connectivity index (χ0n) is 5.69. The lowest BCUT2D eigenvalue weighted by Gasteiger charge is -1.74. The standard InChI is InChI=1S/C4H4O4.C2H4O/c5-3(6)1-2-4(7)8;1-2-3-1/h1-2H,(H,5,6)(H,7,8);1-2H2/b2-1+;. The number of carboxylic acids is 2. The van der Waals surface area contributed by atoms with Crippen LogP contribution in [0, 0.1) is 0 Å². The fourth-order valence-corrected chi connectivity index (χ4v) is 0.143. The molecule has 0 saturated carbocycles. The van der Waals surface area contributed by atoms with Gasteiger partial charge in [-0.3, -0.25) is 0 Å². The third-order valence-corrected chi connectivity index (χ3v) is 0.573. The molecule has 1 rings (SSSR count). The Morgan fingerprint density at radius 2 is 1.36 bits per heavy atom. The molecule has 1 saturated heterocycles. The number of rotatable bonds is 2. The number of hydrogen-bond donors (Lipinski definition) is 2. The van der Waals surface area contributed by atoms with Crippen LogP contribution in [0.1, 0.15) is 0 Å². The van der Waals surface area contributed by atoms with E-state index in [1.165, 1.54) is 0 Å². The molecule has 0 spiro atoms. The highest BCUT2D eigenvalue weighted by Crippen LogP contribution is 1.84. The number of epoxide rings is 1. The van der Waals surface area contributed by atoms with Crippen molar-refractivity contribution in [1.29, 1.82) is 0 Å². The van der Waals surface area contributed by atoms with Gasteiger partial charge in [-0.25, -0.2) is 9.59 Å². The van der Waals surface area contributed by atoms with E-state index < -0.39 is 11.9 Å². The number of aliphatic carboxylic acids is 2. The molecule has 0 unspecified atom stereocenters. The summed E-state index contributed by atoms with van der Waals surface area (Å²) in [7, 11) is 0.